The van der Waals surface area contributed by atoms with Gasteiger partial charge in [-0.1, -0.05) is 6.07 Å². The van der Waals surface area contributed by atoms with Gasteiger partial charge in [0.15, 0.2) is 0 Å². The molecule has 0 unspecified atom stereocenters. The molecule has 2 N–H and O–H groups in total. The molecular formula is C13H19N3O. The Hall–Kier alpha value is -1.42. The number of amides is 1. The summed E-state index contributed by atoms with van der Waals surface area (Å²) in [6.45, 7) is 3.82. The molecule has 2 rings (SSSR count). The molecule has 1 amide bonds. The minimum absolute atomic E-state index is 0.0260. The van der Waals surface area contributed by atoms with E-state index in [-0.39, 0.29) is 17.9 Å². The molecule has 0 bridgehead atoms. The number of carbonyl (C=O) groups is 1. The van der Waals surface area contributed by atoms with Crippen molar-refractivity contribution in [2.24, 2.45) is 5.92 Å². The molecule has 0 radical (unpaired) electrons. The van der Waals surface area contributed by atoms with Gasteiger partial charge < -0.3 is 10.6 Å². The van der Waals surface area contributed by atoms with E-state index in [1.54, 1.807) is 12.4 Å². The Morgan fingerprint density at radius 2 is 2.53 bits per heavy atom. The number of piperidine rings is 1. The number of aromatic nitrogens is 1. The Morgan fingerprint density at radius 1 is 1.65 bits per heavy atom. The second-order valence-corrected chi connectivity index (χ2v) is 4.56. The predicted molar refractivity (Wildman–Crippen MR) is 66.4 cm³/mol. The van der Waals surface area contributed by atoms with Crippen LogP contribution in [0, 0.1) is 5.92 Å². The third-order valence-electron chi connectivity index (χ3n) is 3.21. The first-order chi connectivity index (χ1) is 8.27. The lowest BCUT2D eigenvalue weighted by molar-refractivity contribution is -0.126. The fourth-order valence-corrected chi connectivity index (χ4v) is 2.12. The molecule has 4 nitrogen and oxygen atoms in total. The predicted octanol–water partition coefficient (Wildman–Crippen LogP) is 1.26. The van der Waals surface area contributed by atoms with Crippen LogP contribution in [0.25, 0.3) is 0 Å². The molecule has 0 aliphatic carbocycles. The second kappa shape index (κ2) is 5.77. The number of carbonyl (C=O) groups excluding carboxylic acids is 1. The standard InChI is InChI=1S/C13H19N3O/c1-10(11-4-2-6-14-8-11)16-13(17)12-5-3-7-15-9-12/h2,4,6,8,10,12,15H,3,5,7,9H2,1H3,(H,16,17)/t10-,12+/m1/s1. The van der Waals surface area contributed by atoms with Crippen molar-refractivity contribution >= 4 is 5.91 Å². The minimum Gasteiger partial charge on any atom is -0.349 e. The van der Waals surface area contributed by atoms with E-state index in [2.05, 4.69) is 15.6 Å². The van der Waals surface area contributed by atoms with Crippen molar-refractivity contribution < 1.29 is 4.79 Å². The van der Waals surface area contributed by atoms with Crippen molar-refractivity contribution in [3.05, 3.63) is 30.1 Å². The molecule has 17 heavy (non-hydrogen) atoms. The maximum Gasteiger partial charge on any atom is 0.224 e. The highest BCUT2D eigenvalue weighted by Gasteiger charge is 2.22. The number of nitrogens with zero attached hydrogens (tertiary/aromatic N) is 1. The molecule has 0 saturated carbocycles. The summed E-state index contributed by atoms with van der Waals surface area (Å²) in [6, 6.07) is 3.90. The van der Waals surface area contributed by atoms with Gasteiger partial charge in [-0.3, -0.25) is 9.78 Å². The second-order valence-electron chi connectivity index (χ2n) is 4.56. The van der Waals surface area contributed by atoms with Crippen LogP contribution >= 0.6 is 0 Å². The van der Waals surface area contributed by atoms with Gasteiger partial charge in [-0.15, -0.1) is 0 Å². The normalized spacial score (nSPS) is 21.8. The highest BCUT2D eigenvalue weighted by atomic mass is 16.1. The van der Waals surface area contributed by atoms with E-state index in [1.807, 2.05) is 19.1 Å². The SMILES string of the molecule is C[C@@H](NC(=O)[C@H]1CCCNC1)c1cccnc1. The smallest absolute Gasteiger partial charge is 0.224 e. The van der Waals surface area contributed by atoms with Crippen LogP contribution in [-0.2, 0) is 4.79 Å². The van der Waals surface area contributed by atoms with Crippen molar-refractivity contribution in [2.75, 3.05) is 13.1 Å². The number of pyridine rings is 1. The van der Waals surface area contributed by atoms with Gasteiger partial charge in [-0.25, -0.2) is 0 Å². The van der Waals surface area contributed by atoms with Crippen molar-refractivity contribution in [3.8, 4) is 0 Å². The van der Waals surface area contributed by atoms with E-state index < -0.39 is 0 Å². The molecular weight excluding hydrogens is 214 g/mol. The lowest BCUT2D eigenvalue weighted by atomic mass is 9.98. The lowest BCUT2D eigenvalue weighted by Gasteiger charge is -2.24. The third-order valence-corrected chi connectivity index (χ3v) is 3.21. The molecule has 92 valence electrons. The van der Waals surface area contributed by atoms with Crippen LogP contribution in [0.15, 0.2) is 24.5 Å². The quantitative estimate of drug-likeness (QED) is 0.826. The molecule has 1 aromatic heterocycles. The van der Waals surface area contributed by atoms with Gasteiger partial charge in [-0.2, -0.15) is 0 Å². The van der Waals surface area contributed by atoms with Crippen LogP contribution in [0.2, 0.25) is 0 Å². The van der Waals surface area contributed by atoms with Crippen molar-refractivity contribution in [3.63, 3.8) is 0 Å². The van der Waals surface area contributed by atoms with Crippen LogP contribution < -0.4 is 10.6 Å². The largest absolute Gasteiger partial charge is 0.349 e. The van der Waals surface area contributed by atoms with Gasteiger partial charge in [-0.05, 0) is 37.9 Å². The number of nitrogens with one attached hydrogen (secondary N) is 2. The Labute approximate surface area is 102 Å². The fraction of sp³-hybridized carbons (Fsp3) is 0.538. The fourth-order valence-electron chi connectivity index (χ4n) is 2.12. The van der Waals surface area contributed by atoms with Gasteiger partial charge in [0, 0.05) is 18.9 Å². The van der Waals surface area contributed by atoms with E-state index in [9.17, 15) is 4.79 Å². The van der Waals surface area contributed by atoms with Gasteiger partial charge in [0.2, 0.25) is 5.91 Å². The highest BCUT2D eigenvalue weighted by molar-refractivity contribution is 5.79. The summed E-state index contributed by atoms with van der Waals surface area (Å²) >= 11 is 0. The van der Waals surface area contributed by atoms with E-state index in [0.717, 1.165) is 31.5 Å². The topological polar surface area (TPSA) is 54.0 Å². The Morgan fingerprint density at radius 3 is 3.18 bits per heavy atom. The molecule has 1 aliphatic rings. The van der Waals surface area contributed by atoms with Crippen LogP contribution in [-0.4, -0.2) is 24.0 Å². The first kappa shape index (κ1) is 12.0. The highest BCUT2D eigenvalue weighted by Crippen LogP contribution is 2.14. The monoisotopic (exact) mass is 233 g/mol. The summed E-state index contributed by atoms with van der Waals surface area (Å²) in [4.78, 5) is 16.1. The number of rotatable bonds is 3. The molecule has 2 heterocycles. The van der Waals surface area contributed by atoms with Crippen LogP contribution in [0.4, 0.5) is 0 Å². The third kappa shape index (κ3) is 3.27. The van der Waals surface area contributed by atoms with Gasteiger partial charge >= 0.3 is 0 Å². The Bertz CT molecular complexity index is 360. The molecule has 1 aromatic rings. The average Bonchev–Trinajstić information content (AvgIpc) is 2.40. The summed E-state index contributed by atoms with van der Waals surface area (Å²) < 4.78 is 0. The molecule has 2 atom stereocenters. The van der Waals surface area contributed by atoms with Crippen molar-refractivity contribution in [2.45, 2.75) is 25.8 Å². The van der Waals surface area contributed by atoms with E-state index in [0.29, 0.717) is 0 Å². The molecule has 1 saturated heterocycles. The zero-order valence-corrected chi connectivity index (χ0v) is 10.1. The van der Waals surface area contributed by atoms with Gasteiger partial charge in [0.25, 0.3) is 0 Å². The molecule has 1 fully saturated rings. The zero-order chi connectivity index (χ0) is 12.1. The lowest BCUT2D eigenvalue weighted by Crippen LogP contribution is -2.41. The molecule has 0 aromatic carbocycles. The van der Waals surface area contributed by atoms with E-state index in [4.69, 9.17) is 0 Å². The first-order valence-electron chi connectivity index (χ1n) is 6.18. The van der Waals surface area contributed by atoms with Crippen molar-refractivity contribution in [1.29, 1.82) is 0 Å². The summed E-state index contributed by atoms with van der Waals surface area (Å²) in [5.41, 5.74) is 1.05. The maximum atomic E-state index is 12.0. The van der Waals surface area contributed by atoms with Gasteiger partial charge in [0.05, 0.1) is 12.0 Å². The molecule has 1 aliphatic heterocycles. The molecule has 0 spiro atoms. The summed E-state index contributed by atoms with van der Waals surface area (Å²) in [6.07, 6.45) is 5.60. The number of hydrogen-bond acceptors (Lipinski definition) is 3. The van der Waals surface area contributed by atoms with E-state index in [1.165, 1.54) is 0 Å². The van der Waals surface area contributed by atoms with E-state index >= 15 is 0 Å². The zero-order valence-electron chi connectivity index (χ0n) is 10.1. The first-order valence-corrected chi connectivity index (χ1v) is 6.18. The van der Waals surface area contributed by atoms with Crippen LogP contribution in [0.3, 0.4) is 0 Å². The summed E-state index contributed by atoms with van der Waals surface area (Å²) in [7, 11) is 0. The van der Waals surface area contributed by atoms with Crippen LogP contribution in [0.5, 0.6) is 0 Å². The Kier molecular flexibility index (Phi) is 4.09. The summed E-state index contributed by atoms with van der Waals surface area (Å²) in [5, 5.41) is 6.30. The minimum atomic E-state index is 0.0260. The molecule has 4 heteroatoms. The van der Waals surface area contributed by atoms with Crippen molar-refractivity contribution in [1.82, 2.24) is 15.6 Å². The maximum absolute atomic E-state index is 12.0. The number of hydrogen-bond donors (Lipinski definition) is 2. The average molecular weight is 233 g/mol. The van der Waals surface area contributed by atoms with Crippen LogP contribution in [0.1, 0.15) is 31.4 Å². The Balaban J connectivity index is 1.89. The summed E-state index contributed by atoms with van der Waals surface area (Å²) in [5.74, 6) is 0.261. The van der Waals surface area contributed by atoms with Gasteiger partial charge in [0.1, 0.15) is 0 Å².